The van der Waals surface area contributed by atoms with Crippen molar-refractivity contribution in [1.82, 2.24) is 0 Å². The summed E-state index contributed by atoms with van der Waals surface area (Å²) in [5, 5.41) is 28.9. The van der Waals surface area contributed by atoms with E-state index in [1.54, 1.807) is 12.1 Å². The van der Waals surface area contributed by atoms with Crippen molar-refractivity contribution in [2.75, 3.05) is 0 Å². The summed E-state index contributed by atoms with van der Waals surface area (Å²) in [5.41, 5.74) is 0.741. The van der Waals surface area contributed by atoms with E-state index in [0.717, 1.165) is 51.4 Å². The molecule has 1 aromatic carbocycles. The molecule has 1 aromatic rings. The van der Waals surface area contributed by atoms with Gasteiger partial charge in [-0.2, -0.15) is 0 Å². The van der Waals surface area contributed by atoms with Crippen molar-refractivity contribution in [3.8, 4) is 5.75 Å². The molecule has 3 N–H and O–H groups in total. The van der Waals surface area contributed by atoms with E-state index in [1.165, 1.54) is 31.7 Å². The number of carbonyl (C=O) groups is 1. The first kappa shape index (κ1) is 22.5. The Bertz CT molecular complexity index is 513. The van der Waals surface area contributed by atoms with Crippen LogP contribution in [-0.4, -0.2) is 27.4 Å². The number of aromatic carboxylic acids is 1. The Labute approximate surface area is 158 Å². The third-order valence-corrected chi connectivity index (χ3v) is 4.97. The van der Waals surface area contributed by atoms with Gasteiger partial charge in [0.15, 0.2) is 0 Å². The zero-order valence-corrected chi connectivity index (χ0v) is 16.3. The molecule has 0 amide bonds. The molecule has 0 aromatic heterocycles. The number of aliphatic hydroxyl groups excluding tert-OH is 1. The molecule has 4 heteroatoms. The first-order valence-electron chi connectivity index (χ1n) is 10.3. The van der Waals surface area contributed by atoms with Crippen LogP contribution in [0.4, 0.5) is 0 Å². The van der Waals surface area contributed by atoms with E-state index in [1.807, 2.05) is 0 Å². The average Bonchev–Trinajstić information content (AvgIpc) is 2.60. The predicted molar refractivity (Wildman–Crippen MR) is 106 cm³/mol. The highest BCUT2D eigenvalue weighted by Crippen LogP contribution is 2.23. The van der Waals surface area contributed by atoms with E-state index in [4.69, 9.17) is 0 Å². The number of aromatic hydroxyl groups is 1. The predicted octanol–water partition coefficient (Wildman–Crippen LogP) is 5.69. The summed E-state index contributed by atoms with van der Waals surface area (Å²) in [6, 6.07) is 4.89. The minimum atomic E-state index is -1.07. The largest absolute Gasteiger partial charge is 0.507 e. The smallest absolute Gasteiger partial charge is 0.339 e. The molecule has 0 aliphatic rings. The number of hydrogen-bond donors (Lipinski definition) is 3. The molecule has 0 radical (unpaired) electrons. The fourth-order valence-corrected chi connectivity index (χ4v) is 3.40. The van der Waals surface area contributed by atoms with Crippen LogP contribution in [0.5, 0.6) is 5.75 Å². The first-order chi connectivity index (χ1) is 12.6. The van der Waals surface area contributed by atoms with Crippen LogP contribution in [0.2, 0.25) is 0 Å². The van der Waals surface area contributed by atoms with Crippen LogP contribution < -0.4 is 0 Å². The maximum atomic E-state index is 11.2. The maximum absolute atomic E-state index is 11.2. The first-order valence-corrected chi connectivity index (χ1v) is 10.3. The van der Waals surface area contributed by atoms with Gasteiger partial charge < -0.3 is 15.3 Å². The second kappa shape index (κ2) is 13.6. The molecule has 1 rings (SSSR count). The van der Waals surface area contributed by atoms with Crippen LogP contribution in [0, 0.1) is 0 Å². The quantitative estimate of drug-likeness (QED) is 0.349. The van der Waals surface area contributed by atoms with Crippen LogP contribution in [0.15, 0.2) is 18.2 Å². The lowest BCUT2D eigenvalue weighted by atomic mass is 9.99. The lowest BCUT2D eigenvalue weighted by Crippen LogP contribution is -2.06. The number of benzene rings is 1. The van der Waals surface area contributed by atoms with Gasteiger partial charge in [-0.25, -0.2) is 4.79 Å². The highest BCUT2D eigenvalue weighted by atomic mass is 16.4. The number of unbranched alkanes of at least 4 members (excludes halogenated alkanes) is 8. The molecule has 0 saturated heterocycles. The van der Waals surface area contributed by atoms with Gasteiger partial charge in [-0.15, -0.1) is 0 Å². The van der Waals surface area contributed by atoms with Crippen molar-refractivity contribution in [3.63, 3.8) is 0 Å². The number of carboxylic acid groups (broad SMARTS) is 1. The van der Waals surface area contributed by atoms with Crippen molar-refractivity contribution in [1.29, 1.82) is 0 Å². The molecule has 0 heterocycles. The summed E-state index contributed by atoms with van der Waals surface area (Å²) >= 11 is 0. The zero-order chi connectivity index (χ0) is 19.2. The number of hydrogen-bond acceptors (Lipinski definition) is 3. The third-order valence-electron chi connectivity index (χ3n) is 4.97. The molecule has 4 nitrogen and oxygen atoms in total. The molecule has 0 fully saturated rings. The van der Waals surface area contributed by atoms with E-state index in [2.05, 4.69) is 6.92 Å². The Morgan fingerprint density at radius 2 is 1.50 bits per heavy atom. The van der Waals surface area contributed by atoms with Crippen LogP contribution in [0.25, 0.3) is 0 Å². The van der Waals surface area contributed by atoms with Crippen LogP contribution in [-0.2, 0) is 6.42 Å². The van der Waals surface area contributed by atoms with Gasteiger partial charge in [0.25, 0.3) is 0 Å². The number of aryl methyl sites for hydroxylation is 1. The van der Waals surface area contributed by atoms with Gasteiger partial charge in [0.1, 0.15) is 11.3 Å². The van der Waals surface area contributed by atoms with Gasteiger partial charge in [0.05, 0.1) is 6.10 Å². The molecule has 0 spiro atoms. The summed E-state index contributed by atoms with van der Waals surface area (Å²) in [6.07, 6.45) is 13.8. The van der Waals surface area contributed by atoms with Gasteiger partial charge in [0.2, 0.25) is 0 Å². The molecule has 26 heavy (non-hydrogen) atoms. The number of carboxylic acids is 1. The van der Waals surface area contributed by atoms with Crippen LogP contribution >= 0.6 is 0 Å². The van der Waals surface area contributed by atoms with E-state index in [-0.39, 0.29) is 17.4 Å². The van der Waals surface area contributed by atoms with Gasteiger partial charge in [-0.3, -0.25) is 0 Å². The molecule has 0 bridgehead atoms. The number of phenols is 1. The van der Waals surface area contributed by atoms with E-state index >= 15 is 0 Å². The minimum absolute atomic E-state index is 0.0366. The Kier molecular flexibility index (Phi) is 11.8. The van der Waals surface area contributed by atoms with Crippen LogP contribution in [0.1, 0.15) is 99.9 Å². The van der Waals surface area contributed by atoms with E-state index in [9.17, 15) is 20.1 Å². The Balaban J connectivity index is 2.08. The topological polar surface area (TPSA) is 77.8 Å². The third kappa shape index (κ3) is 9.23. The SMILES string of the molecule is CCCCCCCC(O)CCCCCCCc1cccc(O)c1C(=O)O. The Morgan fingerprint density at radius 3 is 2.12 bits per heavy atom. The summed E-state index contributed by atoms with van der Waals surface area (Å²) in [4.78, 5) is 11.2. The fourth-order valence-electron chi connectivity index (χ4n) is 3.40. The standard InChI is InChI=1S/C22H36O4/c1-2-3-4-6-10-15-19(23)16-11-8-5-7-9-13-18-14-12-17-20(24)21(18)22(25)26/h12,14,17,19,23-24H,2-11,13,15-16H2,1H3,(H,25,26). The second-order valence-corrected chi connectivity index (χ2v) is 7.28. The van der Waals surface area contributed by atoms with Gasteiger partial charge in [-0.1, -0.05) is 76.8 Å². The van der Waals surface area contributed by atoms with Gasteiger partial charge in [-0.05, 0) is 37.3 Å². The molecule has 0 saturated carbocycles. The van der Waals surface area contributed by atoms with Crippen molar-refractivity contribution < 1.29 is 20.1 Å². The molecular formula is C22H36O4. The van der Waals surface area contributed by atoms with Crippen molar-refractivity contribution >= 4 is 5.97 Å². The lowest BCUT2D eigenvalue weighted by Gasteiger charge is -2.10. The molecule has 148 valence electrons. The van der Waals surface area contributed by atoms with E-state index in [0.29, 0.717) is 12.0 Å². The molecular weight excluding hydrogens is 328 g/mol. The van der Waals surface area contributed by atoms with Crippen LogP contribution in [0.3, 0.4) is 0 Å². The van der Waals surface area contributed by atoms with Gasteiger partial charge in [0, 0.05) is 0 Å². The molecule has 1 atom stereocenters. The maximum Gasteiger partial charge on any atom is 0.339 e. The molecule has 0 aliphatic carbocycles. The summed E-state index contributed by atoms with van der Waals surface area (Å²) in [7, 11) is 0. The lowest BCUT2D eigenvalue weighted by molar-refractivity contribution is 0.0692. The monoisotopic (exact) mass is 364 g/mol. The molecule has 0 aliphatic heterocycles. The van der Waals surface area contributed by atoms with Gasteiger partial charge >= 0.3 is 5.97 Å². The normalized spacial score (nSPS) is 12.2. The Morgan fingerprint density at radius 1 is 0.923 bits per heavy atom. The Hall–Kier alpha value is -1.55. The zero-order valence-electron chi connectivity index (χ0n) is 16.3. The summed E-state index contributed by atoms with van der Waals surface area (Å²) in [5.74, 6) is -1.22. The van der Waals surface area contributed by atoms with Crippen molar-refractivity contribution in [2.45, 2.75) is 96.5 Å². The summed E-state index contributed by atoms with van der Waals surface area (Å²) < 4.78 is 0. The highest BCUT2D eigenvalue weighted by Gasteiger charge is 2.14. The van der Waals surface area contributed by atoms with Crippen molar-refractivity contribution in [3.05, 3.63) is 29.3 Å². The second-order valence-electron chi connectivity index (χ2n) is 7.28. The minimum Gasteiger partial charge on any atom is -0.507 e. The van der Waals surface area contributed by atoms with Crippen molar-refractivity contribution in [2.24, 2.45) is 0 Å². The fraction of sp³-hybridized carbons (Fsp3) is 0.682. The number of rotatable bonds is 15. The summed E-state index contributed by atoms with van der Waals surface area (Å²) in [6.45, 7) is 2.21. The highest BCUT2D eigenvalue weighted by molar-refractivity contribution is 5.92. The average molecular weight is 365 g/mol. The number of aliphatic hydroxyl groups is 1. The molecule has 1 unspecified atom stereocenters. The van der Waals surface area contributed by atoms with E-state index < -0.39 is 5.97 Å².